The minimum Gasteiger partial charge on any atom is -0.343 e. The fraction of sp³-hybridized carbons (Fsp3) is 0.611. The highest BCUT2D eigenvalue weighted by molar-refractivity contribution is 5.76. The lowest BCUT2D eigenvalue weighted by atomic mass is 9.76. The first kappa shape index (κ1) is 14.6. The topological polar surface area (TPSA) is 32.3 Å². The number of hydrogen-bond donors (Lipinski definition) is 1. The van der Waals surface area contributed by atoms with Gasteiger partial charge in [-0.3, -0.25) is 4.79 Å². The number of carbonyl (C=O) groups is 1. The number of amides is 1. The molecule has 1 aromatic carbocycles. The van der Waals surface area contributed by atoms with Crippen molar-refractivity contribution in [1.82, 2.24) is 10.2 Å². The van der Waals surface area contributed by atoms with Gasteiger partial charge < -0.3 is 10.2 Å². The van der Waals surface area contributed by atoms with Crippen molar-refractivity contribution >= 4 is 5.91 Å². The molecule has 21 heavy (non-hydrogen) atoms. The van der Waals surface area contributed by atoms with Crippen molar-refractivity contribution in [3.63, 3.8) is 0 Å². The Balaban J connectivity index is 1.33. The molecule has 3 heteroatoms. The van der Waals surface area contributed by atoms with Crippen LogP contribution in [0.5, 0.6) is 0 Å². The molecule has 114 valence electrons. The van der Waals surface area contributed by atoms with Crippen LogP contribution in [0, 0.1) is 6.92 Å². The van der Waals surface area contributed by atoms with Gasteiger partial charge in [-0.1, -0.05) is 29.8 Å². The number of hydrogen-bond acceptors (Lipinski definition) is 2. The number of aryl methyl sites for hydroxylation is 1. The Hall–Kier alpha value is -1.35. The summed E-state index contributed by atoms with van der Waals surface area (Å²) in [6.07, 6.45) is 5.44. The van der Waals surface area contributed by atoms with Gasteiger partial charge in [-0.05, 0) is 44.1 Å². The number of likely N-dealkylation sites (tertiary alicyclic amines) is 1. The van der Waals surface area contributed by atoms with Gasteiger partial charge >= 0.3 is 0 Å². The average molecular weight is 286 g/mol. The van der Waals surface area contributed by atoms with Crippen LogP contribution in [-0.2, 0) is 4.79 Å². The van der Waals surface area contributed by atoms with Gasteiger partial charge in [-0.15, -0.1) is 0 Å². The van der Waals surface area contributed by atoms with Crippen molar-refractivity contribution in [3.05, 3.63) is 35.4 Å². The summed E-state index contributed by atoms with van der Waals surface area (Å²) < 4.78 is 0. The molecule has 1 aliphatic carbocycles. The predicted octanol–water partition coefficient (Wildman–Crippen LogP) is 2.84. The van der Waals surface area contributed by atoms with E-state index in [-0.39, 0.29) is 0 Å². The van der Waals surface area contributed by atoms with Crippen molar-refractivity contribution in [2.45, 2.75) is 51.0 Å². The van der Waals surface area contributed by atoms with Crippen molar-refractivity contribution in [2.75, 3.05) is 19.6 Å². The number of rotatable bonds is 5. The molecule has 0 unspecified atom stereocenters. The van der Waals surface area contributed by atoms with E-state index in [2.05, 4.69) is 36.5 Å². The van der Waals surface area contributed by atoms with Crippen molar-refractivity contribution in [2.24, 2.45) is 0 Å². The Morgan fingerprint density at radius 2 is 1.86 bits per heavy atom. The Kier molecular flexibility index (Phi) is 4.59. The highest BCUT2D eigenvalue weighted by Crippen LogP contribution is 2.36. The molecule has 1 heterocycles. The molecule has 0 aromatic heterocycles. The zero-order valence-corrected chi connectivity index (χ0v) is 13.0. The third-order valence-electron chi connectivity index (χ3n) is 4.92. The first-order valence-corrected chi connectivity index (χ1v) is 8.30. The molecule has 1 saturated heterocycles. The van der Waals surface area contributed by atoms with E-state index in [4.69, 9.17) is 0 Å². The summed E-state index contributed by atoms with van der Waals surface area (Å²) in [5, 5.41) is 3.54. The van der Waals surface area contributed by atoms with E-state index in [9.17, 15) is 4.79 Å². The summed E-state index contributed by atoms with van der Waals surface area (Å²) in [5.74, 6) is 1.03. The van der Waals surface area contributed by atoms with Gasteiger partial charge in [0.25, 0.3) is 0 Å². The molecule has 3 rings (SSSR count). The van der Waals surface area contributed by atoms with Gasteiger partial charge in [-0.2, -0.15) is 0 Å². The molecule has 0 atom stereocenters. The van der Waals surface area contributed by atoms with Gasteiger partial charge in [0.2, 0.25) is 5.91 Å². The van der Waals surface area contributed by atoms with Gasteiger partial charge in [0.15, 0.2) is 0 Å². The Labute approximate surface area is 127 Å². The molecule has 1 aliphatic heterocycles. The number of benzene rings is 1. The smallest absolute Gasteiger partial charge is 0.223 e. The molecule has 1 N–H and O–H groups in total. The van der Waals surface area contributed by atoms with E-state index in [1.54, 1.807) is 0 Å². The standard InChI is InChI=1S/C18H26N2O/c1-14-4-6-15(7-5-14)16-12-17(13-16)19-9-8-18(21)20-10-2-3-11-20/h4-7,16-17,19H,2-3,8-13H2,1H3. The lowest BCUT2D eigenvalue weighted by Gasteiger charge is -2.36. The van der Waals surface area contributed by atoms with Crippen molar-refractivity contribution < 1.29 is 4.79 Å². The van der Waals surface area contributed by atoms with Crippen molar-refractivity contribution in [1.29, 1.82) is 0 Å². The molecule has 0 spiro atoms. The molecule has 1 amide bonds. The van der Waals surface area contributed by atoms with E-state index in [1.165, 1.54) is 36.8 Å². The van der Waals surface area contributed by atoms with E-state index in [0.717, 1.165) is 19.6 Å². The zero-order valence-electron chi connectivity index (χ0n) is 13.0. The van der Waals surface area contributed by atoms with E-state index in [1.807, 2.05) is 4.90 Å². The van der Waals surface area contributed by atoms with E-state index >= 15 is 0 Å². The first-order valence-electron chi connectivity index (χ1n) is 8.30. The Bertz CT molecular complexity index is 470. The highest BCUT2D eigenvalue weighted by atomic mass is 16.2. The van der Waals surface area contributed by atoms with Crippen LogP contribution in [0.3, 0.4) is 0 Å². The third-order valence-corrected chi connectivity index (χ3v) is 4.92. The normalized spacial score (nSPS) is 24.9. The molecule has 0 bridgehead atoms. The highest BCUT2D eigenvalue weighted by Gasteiger charge is 2.29. The molecule has 1 aromatic rings. The van der Waals surface area contributed by atoms with Gasteiger partial charge in [0, 0.05) is 32.1 Å². The summed E-state index contributed by atoms with van der Waals surface area (Å²) in [6, 6.07) is 9.51. The van der Waals surface area contributed by atoms with Crippen molar-refractivity contribution in [3.8, 4) is 0 Å². The maximum atomic E-state index is 11.9. The maximum Gasteiger partial charge on any atom is 0.223 e. The van der Waals surface area contributed by atoms with Crippen LogP contribution < -0.4 is 5.32 Å². The lowest BCUT2D eigenvalue weighted by Crippen LogP contribution is -2.41. The largest absolute Gasteiger partial charge is 0.343 e. The summed E-state index contributed by atoms with van der Waals surface area (Å²) in [5.41, 5.74) is 2.79. The second kappa shape index (κ2) is 6.61. The second-order valence-corrected chi connectivity index (χ2v) is 6.57. The number of nitrogens with one attached hydrogen (secondary N) is 1. The third kappa shape index (κ3) is 3.65. The SMILES string of the molecule is Cc1ccc(C2CC(NCCC(=O)N3CCCC3)C2)cc1. The van der Waals surface area contributed by atoms with Crippen LogP contribution in [0.25, 0.3) is 0 Å². The minimum atomic E-state index is 0.328. The van der Waals surface area contributed by atoms with Crippen LogP contribution in [0.1, 0.15) is 49.1 Å². The van der Waals surface area contributed by atoms with Crippen LogP contribution in [0.2, 0.25) is 0 Å². The molecular formula is C18H26N2O. The first-order chi connectivity index (χ1) is 10.2. The lowest BCUT2D eigenvalue weighted by molar-refractivity contribution is -0.130. The van der Waals surface area contributed by atoms with Gasteiger partial charge in [0.05, 0.1) is 0 Å². The molecular weight excluding hydrogens is 260 g/mol. The quantitative estimate of drug-likeness (QED) is 0.902. The molecule has 3 nitrogen and oxygen atoms in total. The monoisotopic (exact) mass is 286 g/mol. The second-order valence-electron chi connectivity index (χ2n) is 6.57. The average Bonchev–Trinajstić information content (AvgIpc) is 2.97. The molecule has 1 saturated carbocycles. The zero-order chi connectivity index (χ0) is 14.7. The fourth-order valence-electron chi connectivity index (χ4n) is 3.40. The molecule has 2 aliphatic rings. The molecule has 2 fully saturated rings. The predicted molar refractivity (Wildman–Crippen MR) is 85.4 cm³/mol. The van der Waals surface area contributed by atoms with Crippen LogP contribution in [0.4, 0.5) is 0 Å². The minimum absolute atomic E-state index is 0.328. The molecule has 0 radical (unpaired) electrons. The number of nitrogens with zero attached hydrogens (tertiary/aromatic N) is 1. The van der Waals surface area contributed by atoms with E-state index in [0.29, 0.717) is 24.3 Å². The van der Waals surface area contributed by atoms with Gasteiger partial charge in [0.1, 0.15) is 0 Å². The van der Waals surface area contributed by atoms with Crippen LogP contribution >= 0.6 is 0 Å². The Morgan fingerprint density at radius 1 is 1.19 bits per heavy atom. The van der Waals surface area contributed by atoms with E-state index < -0.39 is 0 Å². The summed E-state index contributed by atoms with van der Waals surface area (Å²) >= 11 is 0. The van der Waals surface area contributed by atoms with Crippen LogP contribution in [-0.4, -0.2) is 36.5 Å². The maximum absolute atomic E-state index is 11.9. The summed E-state index contributed by atoms with van der Waals surface area (Å²) in [4.78, 5) is 13.9. The fourth-order valence-corrected chi connectivity index (χ4v) is 3.40. The number of carbonyl (C=O) groups excluding carboxylic acids is 1. The van der Waals surface area contributed by atoms with Gasteiger partial charge in [-0.25, -0.2) is 0 Å². The van der Waals surface area contributed by atoms with Crippen LogP contribution in [0.15, 0.2) is 24.3 Å². The summed E-state index contributed by atoms with van der Waals surface area (Å²) in [6.45, 7) is 4.91. The summed E-state index contributed by atoms with van der Waals surface area (Å²) in [7, 11) is 0. The Morgan fingerprint density at radius 3 is 2.52 bits per heavy atom.